The molecule has 0 bridgehead atoms. The third-order valence-electron chi connectivity index (χ3n) is 1.87. The molecule has 0 aliphatic carbocycles. The first-order valence-electron chi connectivity index (χ1n) is 3.65. The number of nitrogens with zero attached hydrogens (tertiary/aromatic N) is 3. The lowest BCUT2D eigenvalue weighted by Crippen LogP contribution is -2.16. The number of thiophene rings is 1. The summed E-state index contributed by atoms with van der Waals surface area (Å²) < 4.78 is 1.26. The highest BCUT2D eigenvalue weighted by Gasteiger charge is 2.06. The van der Waals surface area contributed by atoms with Crippen LogP contribution in [0.2, 0.25) is 0 Å². The first-order valence-corrected chi connectivity index (χ1v) is 4.53. The third kappa shape index (κ3) is 0.775. The van der Waals surface area contributed by atoms with Crippen molar-refractivity contribution in [3.05, 3.63) is 28.3 Å². The van der Waals surface area contributed by atoms with Gasteiger partial charge < -0.3 is 0 Å². The fourth-order valence-corrected chi connectivity index (χ4v) is 2.08. The van der Waals surface area contributed by atoms with Gasteiger partial charge in [0.2, 0.25) is 0 Å². The Morgan fingerprint density at radius 3 is 3.38 bits per heavy atom. The molecule has 0 saturated carbocycles. The fraction of sp³-hybridized carbons (Fsp3) is 0. The Bertz CT molecular complexity index is 634. The lowest BCUT2D eigenvalue weighted by Gasteiger charge is -1.91. The Morgan fingerprint density at radius 1 is 1.54 bits per heavy atom. The number of hydrogen-bond donors (Lipinski definition) is 1. The van der Waals surface area contributed by atoms with Crippen LogP contribution in [0.15, 0.2) is 22.6 Å². The van der Waals surface area contributed by atoms with Gasteiger partial charge in [-0.25, -0.2) is 9.78 Å². The number of aromatic nitrogens is 4. The van der Waals surface area contributed by atoms with Crippen LogP contribution < -0.4 is 5.69 Å². The van der Waals surface area contributed by atoms with E-state index in [0.717, 1.165) is 10.2 Å². The first kappa shape index (κ1) is 6.79. The molecule has 0 spiro atoms. The van der Waals surface area contributed by atoms with Crippen molar-refractivity contribution >= 4 is 27.2 Å². The molecule has 6 heteroatoms. The van der Waals surface area contributed by atoms with E-state index in [4.69, 9.17) is 0 Å². The predicted octanol–water partition coefficient (Wildman–Crippen LogP) is 0.632. The number of rotatable bonds is 0. The SMILES string of the molecule is O=c1[nH]c2sccc2c2ncnn12. The van der Waals surface area contributed by atoms with Crippen molar-refractivity contribution in [2.75, 3.05) is 0 Å². The van der Waals surface area contributed by atoms with E-state index in [2.05, 4.69) is 15.1 Å². The molecular formula is C7H4N4OS. The summed E-state index contributed by atoms with van der Waals surface area (Å²) in [4.78, 5) is 18.9. The number of nitrogens with one attached hydrogen (secondary N) is 1. The molecule has 0 saturated heterocycles. The molecule has 0 aliphatic rings. The maximum atomic E-state index is 11.4. The maximum Gasteiger partial charge on any atom is 0.349 e. The van der Waals surface area contributed by atoms with Gasteiger partial charge in [0.05, 0.1) is 5.39 Å². The monoisotopic (exact) mass is 192 g/mol. The second kappa shape index (κ2) is 2.17. The molecular weight excluding hydrogens is 188 g/mol. The normalized spacial score (nSPS) is 11.4. The zero-order chi connectivity index (χ0) is 8.84. The average Bonchev–Trinajstić information content (AvgIpc) is 2.66. The maximum absolute atomic E-state index is 11.4. The van der Waals surface area contributed by atoms with E-state index in [-0.39, 0.29) is 5.69 Å². The van der Waals surface area contributed by atoms with E-state index in [9.17, 15) is 4.79 Å². The van der Waals surface area contributed by atoms with Crippen molar-refractivity contribution in [1.82, 2.24) is 19.6 Å². The first-order chi connectivity index (χ1) is 6.36. The molecule has 3 heterocycles. The van der Waals surface area contributed by atoms with Crippen molar-refractivity contribution in [3.63, 3.8) is 0 Å². The summed E-state index contributed by atoms with van der Waals surface area (Å²) in [5.74, 6) is 0. The summed E-state index contributed by atoms with van der Waals surface area (Å²) >= 11 is 1.48. The summed E-state index contributed by atoms with van der Waals surface area (Å²) in [5, 5.41) is 6.66. The fourth-order valence-electron chi connectivity index (χ4n) is 1.31. The molecule has 5 nitrogen and oxygen atoms in total. The van der Waals surface area contributed by atoms with Gasteiger partial charge in [-0.05, 0) is 11.4 Å². The summed E-state index contributed by atoms with van der Waals surface area (Å²) in [6.45, 7) is 0. The minimum atomic E-state index is -0.248. The van der Waals surface area contributed by atoms with Crippen molar-refractivity contribution in [3.8, 4) is 0 Å². The van der Waals surface area contributed by atoms with Crippen LogP contribution in [0.5, 0.6) is 0 Å². The molecule has 0 radical (unpaired) electrons. The van der Waals surface area contributed by atoms with Gasteiger partial charge in [0.1, 0.15) is 11.2 Å². The topological polar surface area (TPSA) is 63.0 Å². The van der Waals surface area contributed by atoms with Crippen molar-refractivity contribution in [2.24, 2.45) is 0 Å². The highest BCUT2D eigenvalue weighted by atomic mass is 32.1. The molecule has 64 valence electrons. The largest absolute Gasteiger partial charge is 0.349 e. The van der Waals surface area contributed by atoms with E-state index >= 15 is 0 Å². The van der Waals surface area contributed by atoms with Crippen LogP contribution in [0.25, 0.3) is 15.9 Å². The van der Waals surface area contributed by atoms with Gasteiger partial charge in [-0.15, -0.1) is 11.3 Å². The van der Waals surface area contributed by atoms with E-state index in [0.29, 0.717) is 5.65 Å². The van der Waals surface area contributed by atoms with Crippen LogP contribution in [0, 0.1) is 0 Å². The molecule has 0 unspecified atom stereocenters. The Labute approximate surface area is 75.7 Å². The van der Waals surface area contributed by atoms with Crippen LogP contribution >= 0.6 is 11.3 Å². The number of fused-ring (bicyclic) bond motifs is 3. The molecule has 0 atom stereocenters. The standard InChI is InChI=1S/C7H4N4OS/c12-7-10-6-4(1-2-13-6)5-8-3-9-11(5)7/h1-3H,(H,10,12). The molecule has 3 aromatic rings. The van der Waals surface area contributed by atoms with Crippen molar-refractivity contribution in [2.45, 2.75) is 0 Å². The van der Waals surface area contributed by atoms with Crippen LogP contribution in [0.1, 0.15) is 0 Å². The molecule has 0 fully saturated rings. The van der Waals surface area contributed by atoms with Gasteiger partial charge in [0, 0.05) is 0 Å². The third-order valence-corrected chi connectivity index (χ3v) is 2.70. The lowest BCUT2D eigenvalue weighted by atomic mass is 10.4. The highest BCUT2D eigenvalue weighted by Crippen LogP contribution is 2.19. The molecule has 1 N–H and O–H groups in total. The Balaban J connectivity index is 2.79. The lowest BCUT2D eigenvalue weighted by molar-refractivity contribution is 0.883. The predicted molar refractivity (Wildman–Crippen MR) is 49.0 cm³/mol. The smallest absolute Gasteiger partial charge is 0.297 e. The van der Waals surface area contributed by atoms with Crippen LogP contribution in [0.4, 0.5) is 0 Å². The van der Waals surface area contributed by atoms with Gasteiger partial charge in [-0.2, -0.15) is 9.61 Å². The van der Waals surface area contributed by atoms with Crippen molar-refractivity contribution < 1.29 is 0 Å². The van der Waals surface area contributed by atoms with E-state index in [1.165, 1.54) is 22.2 Å². The van der Waals surface area contributed by atoms with Gasteiger partial charge >= 0.3 is 5.69 Å². The Hall–Kier alpha value is -1.69. The van der Waals surface area contributed by atoms with Crippen molar-refractivity contribution in [1.29, 1.82) is 0 Å². The summed E-state index contributed by atoms with van der Waals surface area (Å²) in [7, 11) is 0. The minimum absolute atomic E-state index is 0.248. The zero-order valence-electron chi connectivity index (χ0n) is 6.39. The van der Waals surface area contributed by atoms with E-state index < -0.39 is 0 Å². The molecule has 3 aromatic heterocycles. The van der Waals surface area contributed by atoms with Gasteiger partial charge in [-0.1, -0.05) is 0 Å². The van der Waals surface area contributed by atoms with Crippen LogP contribution in [0.3, 0.4) is 0 Å². The highest BCUT2D eigenvalue weighted by molar-refractivity contribution is 7.16. The molecule has 0 aliphatic heterocycles. The molecule has 0 aromatic carbocycles. The number of aromatic amines is 1. The molecule has 13 heavy (non-hydrogen) atoms. The second-order valence-electron chi connectivity index (χ2n) is 2.59. The zero-order valence-corrected chi connectivity index (χ0v) is 7.21. The van der Waals surface area contributed by atoms with Gasteiger partial charge in [-0.3, -0.25) is 4.98 Å². The van der Waals surface area contributed by atoms with E-state index in [1.54, 1.807) is 0 Å². The number of hydrogen-bond acceptors (Lipinski definition) is 4. The quantitative estimate of drug-likeness (QED) is 0.568. The Kier molecular flexibility index (Phi) is 1.13. The Morgan fingerprint density at radius 2 is 2.46 bits per heavy atom. The van der Waals surface area contributed by atoms with Crippen LogP contribution in [-0.4, -0.2) is 19.6 Å². The van der Waals surface area contributed by atoms with Crippen LogP contribution in [-0.2, 0) is 0 Å². The summed E-state index contributed by atoms with van der Waals surface area (Å²) in [5.41, 5.74) is 0.363. The summed E-state index contributed by atoms with van der Waals surface area (Å²) in [6, 6.07) is 1.92. The number of H-pyrrole nitrogens is 1. The summed E-state index contributed by atoms with van der Waals surface area (Å²) in [6.07, 6.45) is 1.38. The molecule has 0 amide bonds. The average molecular weight is 192 g/mol. The second-order valence-corrected chi connectivity index (χ2v) is 3.51. The van der Waals surface area contributed by atoms with E-state index in [1.807, 2.05) is 11.4 Å². The minimum Gasteiger partial charge on any atom is -0.297 e. The molecule has 3 rings (SSSR count). The van der Waals surface area contributed by atoms with Gasteiger partial charge in [0.25, 0.3) is 0 Å². The van der Waals surface area contributed by atoms with Gasteiger partial charge in [0.15, 0.2) is 5.65 Å².